The molecule has 2 bridgehead atoms. The second kappa shape index (κ2) is 13.0. The summed E-state index contributed by atoms with van der Waals surface area (Å²) in [6, 6.07) is 0. The lowest BCUT2D eigenvalue weighted by Crippen LogP contribution is -2.42. The first-order chi connectivity index (χ1) is 17.4. The van der Waals surface area contributed by atoms with Gasteiger partial charge in [-0.15, -0.1) is 0 Å². The molecule has 0 radical (unpaired) electrons. The Morgan fingerprint density at radius 3 is 1.59 bits per heavy atom. The van der Waals surface area contributed by atoms with Crippen molar-refractivity contribution in [2.75, 3.05) is 12.3 Å². The summed E-state index contributed by atoms with van der Waals surface area (Å²) < 4.78 is 31.0. The molecule has 0 aromatic heterocycles. The topological polar surface area (TPSA) is 267 Å². The molecule has 3 rings (SSSR count). The first-order valence-corrected chi connectivity index (χ1v) is 13.8. The number of rotatable bonds is 6. The summed E-state index contributed by atoms with van der Waals surface area (Å²) >= 11 is 0. The minimum Gasteiger partial charge on any atom is -0.481 e. The van der Waals surface area contributed by atoms with E-state index in [1.165, 1.54) is 0 Å². The highest BCUT2D eigenvalue weighted by molar-refractivity contribution is 7.85. The van der Waals surface area contributed by atoms with Crippen molar-refractivity contribution in [3.05, 3.63) is 0 Å². The van der Waals surface area contributed by atoms with Crippen LogP contribution in [0, 0.1) is 33.5 Å². The molecule has 8 N–H and O–H groups in total. The number of nitrogens with two attached hydrogens (primary N) is 1. The van der Waals surface area contributed by atoms with Gasteiger partial charge in [-0.25, -0.2) is 4.79 Å². The Balaban J connectivity index is 0.000000556. The molecule has 15 heteroatoms. The van der Waals surface area contributed by atoms with Crippen molar-refractivity contribution in [3.63, 3.8) is 0 Å². The zero-order valence-corrected chi connectivity index (χ0v) is 23.7. The summed E-state index contributed by atoms with van der Waals surface area (Å²) in [5.41, 5.74) is 2.12. The Morgan fingerprint density at radius 2 is 1.38 bits per heavy atom. The Kier molecular flexibility index (Phi) is 12.1. The van der Waals surface area contributed by atoms with Crippen molar-refractivity contribution < 1.29 is 62.5 Å². The van der Waals surface area contributed by atoms with Gasteiger partial charge in [0.1, 0.15) is 5.78 Å². The van der Waals surface area contributed by atoms with Gasteiger partial charge in [-0.05, 0) is 49.4 Å². The number of carboxylic acids is 3. The summed E-state index contributed by atoms with van der Waals surface area (Å²) in [6.07, 6.45) is 1.09. The molecule has 0 aromatic carbocycles. The molecule has 3 fully saturated rings. The molecule has 0 heterocycles. The van der Waals surface area contributed by atoms with Crippen molar-refractivity contribution in [1.29, 1.82) is 0 Å². The van der Waals surface area contributed by atoms with E-state index in [2.05, 4.69) is 0 Å². The van der Waals surface area contributed by atoms with Crippen LogP contribution >= 0.6 is 0 Å². The molecule has 4 unspecified atom stereocenters. The lowest BCUT2D eigenvalue weighted by molar-refractivity contribution is -0.157. The van der Waals surface area contributed by atoms with Crippen molar-refractivity contribution >= 4 is 40.0 Å². The molecule has 0 saturated heterocycles. The van der Waals surface area contributed by atoms with Crippen molar-refractivity contribution in [1.82, 2.24) is 0 Å². The Labute approximate surface area is 227 Å². The first kappa shape index (κ1) is 36.2. The van der Waals surface area contributed by atoms with Gasteiger partial charge in [0.2, 0.25) is 0 Å². The largest absolute Gasteiger partial charge is 0.503 e. The smallest absolute Gasteiger partial charge is 0.481 e. The molecule has 226 valence electrons. The molecule has 0 amide bonds. The number of aliphatic carboxylic acids is 3. The highest BCUT2D eigenvalue weighted by Gasteiger charge is 2.65. The minimum atomic E-state index is -4.08. The highest BCUT2D eigenvalue weighted by atomic mass is 32.2. The van der Waals surface area contributed by atoms with Crippen LogP contribution in [0.5, 0.6) is 0 Å². The van der Waals surface area contributed by atoms with Crippen molar-refractivity contribution in [3.8, 4) is 0 Å². The Morgan fingerprint density at radius 1 is 0.897 bits per heavy atom. The minimum absolute atomic E-state index is 0.0152. The fourth-order valence-corrected chi connectivity index (χ4v) is 7.16. The Hall–Kier alpha value is -2.78. The van der Waals surface area contributed by atoms with Crippen LogP contribution < -0.4 is 5.73 Å². The average molecular weight is 584 g/mol. The van der Waals surface area contributed by atoms with E-state index in [1.54, 1.807) is 20.8 Å². The fraction of sp³-hybridized carbons (Fsp3) is 0.792. The van der Waals surface area contributed by atoms with Crippen LogP contribution in [0.2, 0.25) is 0 Å². The van der Waals surface area contributed by atoms with E-state index in [1.807, 2.05) is 13.8 Å². The summed E-state index contributed by atoms with van der Waals surface area (Å²) in [5.74, 6) is -3.28. The molecule has 0 aromatic rings. The molecule has 3 saturated carbocycles. The van der Waals surface area contributed by atoms with Crippen LogP contribution in [-0.2, 0) is 29.3 Å². The third-order valence-electron chi connectivity index (χ3n) is 8.92. The van der Waals surface area contributed by atoms with Gasteiger partial charge in [-0.2, -0.15) is 8.42 Å². The third kappa shape index (κ3) is 8.35. The van der Waals surface area contributed by atoms with Gasteiger partial charge in [0.15, 0.2) is 0 Å². The number of Topliss-reactive ketones (excluding diaryl/α,β-unsaturated/α-hetero) is 1. The van der Waals surface area contributed by atoms with Crippen LogP contribution in [0.3, 0.4) is 0 Å². The molecule has 14 nitrogen and oxygen atoms in total. The van der Waals surface area contributed by atoms with E-state index < -0.39 is 62.1 Å². The predicted octanol–water partition coefficient (Wildman–Crippen LogP) is 2.51. The lowest BCUT2D eigenvalue weighted by atomic mass is 9.66. The van der Waals surface area contributed by atoms with Gasteiger partial charge in [-0.3, -0.25) is 23.7 Å². The number of hydrogen-bond acceptors (Lipinski definition) is 8. The van der Waals surface area contributed by atoms with Crippen LogP contribution in [0.1, 0.15) is 73.1 Å². The molecular formula is C24H41NO13S. The quantitative estimate of drug-likeness (QED) is 0.221. The maximum atomic E-state index is 11.9. The van der Waals surface area contributed by atoms with Crippen molar-refractivity contribution in [2.24, 2.45) is 39.2 Å². The summed E-state index contributed by atoms with van der Waals surface area (Å²) in [5, 5.41) is 39.9. The monoisotopic (exact) mass is 583 g/mol. The first-order valence-electron chi connectivity index (χ1n) is 12.2. The van der Waals surface area contributed by atoms with Crippen LogP contribution in [0.25, 0.3) is 0 Å². The SMILES string of the molecule is CC1(C(=O)O)CCC(C(=O)O)C1(C)C.CC1(C)C2CCC1(CS(=O)(=O)O)C(=O)C2.NCCC(=O)O.O=C(O)O. The van der Waals surface area contributed by atoms with E-state index in [9.17, 15) is 27.6 Å². The standard InChI is InChI=1S/C10H16O4S.C10H16O4.C3H7NO2.CH2O3/c1-9(2)7-3-4-10(9,8(11)5-7)6-15(12,13)14;1-9(2)6(7(11)12)4-5-10(9,3)8(13)14;4-2-1-3(5)6;2-1(3)4/h7H,3-6H2,1-2H3,(H,12,13,14);6H,4-5H2,1-3H3,(H,11,12)(H,13,14);1-2,4H2,(H,5,6);(H2,2,3,4). The van der Waals surface area contributed by atoms with Gasteiger partial charge in [0, 0.05) is 13.0 Å². The van der Waals surface area contributed by atoms with E-state index in [4.69, 9.17) is 40.6 Å². The summed E-state index contributed by atoms with van der Waals surface area (Å²) in [6.45, 7) is 9.22. The second-order valence-electron chi connectivity index (χ2n) is 11.4. The number of carbonyl (C=O) groups is 5. The number of fused-ring (bicyclic) bond motifs is 2. The molecule has 3 aliphatic rings. The molecule has 0 aliphatic heterocycles. The fourth-order valence-electron chi connectivity index (χ4n) is 5.86. The number of carboxylic acid groups (broad SMARTS) is 5. The van der Waals surface area contributed by atoms with E-state index in [0.717, 1.165) is 6.42 Å². The van der Waals surface area contributed by atoms with E-state index in [0.29, 0.717) is 25.7 Å². The molecule has 4 atom stereocenters. The summed E-state index contributed by atoms with van der Waals surface area (Å²) in [7, 11) is -4.08. The van der Waals surface area contributed by atoms with Gasteiger partial charge in [0.05, 0.1) is 28.9 Å². The molecular weight excluding hydrogens is 542 g/mol. The molecule has 39 heavy (non-hydrogen) atoms. The maximum Gasteiger partial charge on any atom is 0.503 e. The lowest BCUT2D eigenvalue weighted by Gasteiger charge is -2.36. The van der Waals surface area contributed by atoms with Gasteiger partial charge >= 0.3 is 24.1 Å². The third-order valence-corrected chi connectivity index (χ3v) is 9.78. The second-order valence-corrected chi connectivity index (χ2v) is 12.8. The zero-order valence-electron chi connectivity index (χ0n) is 22.8. The van der Waals surface area contributed by atoms with Gasteiger partial charge in [-0.1, -0.05) is 27.7 Å². The maximum absolute atomic E-state index is 11.9. The van der Waals surface area contributed by atoms with Crippen molar-refractivity contribution in [2.45, 2.75) is 73.1 Å². The predicted molar refractivity (Wildman–Crippen MR) is 137 cm³/mol. The zero-order chi connectivity index (χ0) is 31.2. The van der Waals surface area contributed by atoms with Crippen LogP contribution in [0.15, 0.2) is 0 Å². The number of ketones is 1. The van der Waals surface area contributed by atoms with Gasteiger partial charge < -0.3 is 31.3 Å². The van der Waals surface area contributed by atoms with Gasteiger partial charge in [0.25, 0.3) is 10.1 Å². The molecule has 0 spiro atoms. The average Bonchev–Trinajstić information content (AvgIpc) is 3.19. The Bertz CT molecular complexity index is 1050. The normalized spacial score (nSPS) is 29.5. The van der Waals surface area contributed by atoms with Crippen LogP contribution in [-0.4, -0.2) is 80.6 Å². The number of hydrogen-bond donors (Lipinski definition) is 7. The summed E-state index contributed by atoms with van der Waals surface area (Å²) in [4.78, 5) is 52.0. The van der Waals surface area contributed by atoms with E-state index >= 15 is 0 Å². The highest BCUT2D eigenvalue weighted by Crippen LogP contribution is 2.64. The van der Waals surface area contributed by atoms with E-state index in [-0.39, 0.29) is 30.1 Å². The van der Waals surface area contributed by atoms with Crippen LogP contribution in [0.4, 0.5) is 4.79 Å². The number of carbonyl (C=O) groups excluding carboxylic acids is 1. The molecule has 3 aliphatic carbocycles.